The number of nitrogens with zero attached hydrogens (tertiary/aromatic N) is 3. The van der Waals surface area contributed by atoms with E-state index in [1.165, 1.54) is 31.6 Å². The topological polar surface area (TPSA) is 28.5 Å². The van der Waals surface area contributed by atoms with Gasteiger partial charge in [0, 0.05) is 37.1 Å². The van der Waals surface area contributed by atoms with Crippen LogP contribution in [0.2, 0.25) is 0 Å². The van der Waals surface area contributed by atoms with Crippen molar-refractivity contribution in [3.8, 4) is 0 Å². The molecule has 2 fully saturated rings. The molecule has 4 nitrogen and oxygen atoms in total. The van der Waals surface area contributed by atoms with Gasteiger partial charge in [0.2, 0.25) is 0 Å². The van der Waals surface area contributed by atoms with E-state index in [1.54, 1.807) is 0 Å². The number of carbonyl (C=O) groups excluding carboxylic acids is 1. The lowest BCUT2D eigenvalue weighted by atomic mass is 10.2. The lowest BCUT2D eigenvalue weighted by molar-refractivity contribution is 0.0779. The molecule has 0 bridgehead atoms. The molecule has 21 heavy (non-hydrogen) atoms. The second-order valence-corrected chi connectivity index (χ2v) is 6.47. The molecule has 0 spiro atoms. The summed E-state index contributed by atoms with van der Waals surface area (Å²) in [4.78, 5) is 17.4. The Labute approximate surface area is 127 Å². The first-order valence-electron chi connectivity index (χ1n) is 8.32. The number of carbonyl (C=O) groups is 1. The SMILES string of the molecule is CCn1c(C)cc(C(=O)N2CCC(N3CCCC3)C2)c1C. The Morgan fingerprint density at radius 2 is 1.95 bits per heavy atom. The van der Waals surface area contributed by atoms with E-state index in [9.17, 15) is 4.79 Å². The molecule has 1 atom stereocenters. The summed E-state index contributed by atoms with van der Waals surface area (Å²) in [5, 5.41) is 0. The van der Waals surface area contributed by atoms with Crippen molar-refractivity contribution in [1.29, 1.82) is 0 Å². The van der Waals surface area contributed by atoms with E-state index < -0.39 is 0 Å². The van der Waals surface area contributed by atoms with E-state index in [-0.39, 0.29) is 5.91 Å². The van der Waals surface area contributed by atoms with Crippen LogP contribution in [0.5, 0.6) is 0 Å². The van der Waals surface area contributed by atoms with Gasteiger partial charge in [-0.25, -0.2) is 0 Å². The largest absolute Gasteiger partial charge is 0.349 e. The highest BCUT2D eigenvalue weighted by atomic mass is 16.2. The molecule has 4 heteroatoms. The molecule has 0 aliphatic carbocycles. The normalized spacial score (nSPS) is 23.2. The van der Waals surface area contributed by atoms with Crippen molar-refractivity contribution in [2.75, 3.05) is 26.2 Å². The standard InChI is InChI=1S/C17H27N3O/c1-4-20-13(2)11-16(14(20)3)17(21)19-10-7-15(12-19)18-8-5-6-9-18/h11,15H,4-10,12H2,1-3H3. The van der Waals surface area contributed by atoms with Crippen LogP contribution in [0, 0.1) is 13.8 Å². The predicted molar refractivity (Wildman–Crippen MR) is 84.7 cm³/mol. The maximum absolute atomic E-state index is 12.8. The fraction of sp³-hybridized carbons (Fsp3) is 0.706. The van der Waals surface area contributed by atoms with Gasteiger partial charge >= 0.3 is 0 Å². The van der Waals surface area contributed by atoms with Crippen LogP contribution < -0.4 is 0 Å². The van der Waals surface area contributed by atoms with Crippen molar-refractivity contribution in [3.63, 3.8) is 0 Å². The van der Waals surface area contributed by atoms with Crippen LogP contribution in [0.15, 0.2) is 6.07 Å². The fourth-order valence-electron chi connectivity index (χ4n) is 4.01. The molecule has 0 saturated carbocycles. The highest BCUT2D eigenvalue weighted by molar-refractivity contribution is 5.96. The van der Waals surface area contributed by atoms with Gasteiger partial charge in [-0.3, -0.25) is 9.69 Å². The predicted octanol–water partition coefficient (Wildman–Crippen LogP) is 2.44. The summed E-state index contributed by atoms with van der Waals surface area (Å²) >= 11 is 0. The average molecular weight is 289 g/mol. The Bertz CT molecular complexity index is 528. The summed E-state index contributed by atoms with van der Waals surface area (Å²) < 4.78 is 2.22. The van der Waals surface area contributed by atoms with Crippen LogP contribution in [0.3, 0.4) is 0 Å². The molecule has 0 N–H and O–H groups in total. The summed E-state index contributed by atoms with van der Waals surface area (Å²) in [5.74, 6) is 0.226. The molecule has 3 rings (SSSR count). The molecular formula is C17H27N3O. The smallest absolute Gasteiger partial charge is 0.255 e. The number of rotatable bonds is 3. The molecule has 3 heterocycles. The van der Waals surface area contributed by atoms with Crippen LogP contribution in [0.4, 0.5) is 0 Å². The number of hydrogen-bond acceptors (Lipinski definition) is 2. The van der Waals surface area contributed by atoms with Crippen LogP contribution in [-0.2, 0) is 6.54 Å². The lowest BCUT2D eigenvalue weighted by Gasteiger charge is -2.23. The Kier molecular flexibility index (Phi) is 4.07. The highest BCUT2D eigenvalue weighted by Crippen LogP contribution is 2.24. The Morgan fingerprint density at radius 3 is 2.57 bits per heavy atom. The van der Waals surface area contributed by atoms with Gasteiger partial charge in [-0.05, 0) is 59.2 Å². The minimum Gasteiger partial charge on any atom is -0.349 e. The van der Waals surface area contributed by atoms with Gasteiger partial charge in [-0.2, -0.15) is 0 Å². The van der Waals surface area contributed by atoms with E-state index in [1.807, 2.05) is 0 Å². The third-order valence-corrected chi connectivity index (χ3v) is 5.23. The van der Waals surface area contributed by atoms with Crippen molar-refractivity contribution >= 4 is 5.91 Å². The van der Waals surface area contributed by atoms with Gasteiger partial charge in [0.05, 0.1) is 5.56 Å². The summed E-state index contributed by atoms with van der Waals surface area (Å²) in [6.45, 7) is 11.5. The second-order valence-electron chi connectivity index (χ2n) is 6.47. The first-order chi connectivity index (χ1) is 10.1. The van der Waals surface area contributed by atoms with E-state index in [0.29, 0.717) is 6.04 Å². The summed E-state index contributed by atoms with van der Waals surface area (Å²) in [7, 11) is 0. The van der Waals surface area contributed by atoms with Crippen LogP contribution in [0.25, 0.3) is 0 Å². The molecule has 0 radical (unpaired) electrons. The second kappa shape index (κ2) is 5.84. The molecule has 1 amide bonds. The molecule has 1 aromatic rings. The van der Waals surface area contributed by atoms with Crippen molar-refractivity contribution in [1.82, 2.24) is 14.4 Å². The fourth-order valence-corrected chi connectivity index (χ4v) is 4.01. The Morgan fingerprint density at radius 1 is 1.24 bits per heavy atom. The van der Waals surface area contributed by atoms with Gasteiger partial charge in [0.1, 0.15) is 0 Å². The molecule has 1 unspecified atom stereocenters. The summed E-state index contributed by atoms with van der Waals surface area (Å²) in [5.41, 5.74) is 3.20. The minimum atomic E-state index is 0.226. The van der Waals surface area contributed by atoms with Crippen molar-refractivity contribution in [3.05, 3.63) is 23.0 Å². The molecule has 2 aliphatic rings. The van der Waals surface area contributed by atoms with E-state index in [2.05, 4.69) is 41.2 Å². The zero-order valence-electron chi connectivity index (χ0n) is 13.6. The monoisotopic (exact) mass is 289 g/mol. The van der Waals surface area contributed by atoms with Crippen molar-refractivity contribution in [2.24, 2.45) is 0 Å². The molecule has 1 aromatic heterocycles. The molecule has 2 aliphatic heterocycles. The van der Waals surface area contributed by atoms with Crippen LogP contribution in [0.1, 0.15) is 47.9 Å². The number of aryl methyl sites for hydroxylation is 1. The quantitative estimate of drug-likeness (QED) is 0.855. The van der Waals surface area contributed by atoms with Crippen molar-refractivity contribution < 1.29 is 4.79 Å². The molecule has 0 aromatic carbocycles. The van der Waals surface area contributed by atoms with Gasteiger partial charge in [-0.15, -0.1) is 0 Å². The number of aromatic nitrogens is 1. The Balaban J connectivity index is 1.71. The maximum Gasteiger partial charge on any atom is 0.255 e. The first-order valence-corrected chi connectivity index (χ1v) is 8.32. The van der Waals surface area contributed by atoms with Crippen LogP contribution >= 0.6 is 0 Å². The van der Waals surface area contributed by atoms with Gasteiger partial charge < -0.3 is 9.47 Å². The molecular weight excluding hydrogens is 262 g/mol. The van der Waals surface area contributed by atoms with Gasteiger partial charge in [0.15, 0.2) is 0 Å². The highest BCUT2D eigenvalue weighted by Gasteiger charge is 2.32. The number of amides is 1. The Hall–Kier alpha value is -1.29. The van der Waals surface area contributed by atoms with Crippen molar-refractivity contribution in [2.45, 2.75) is 52.6 Å². The van der Waals surface area contributed by atoms with Gasteiger partial charge in [-0.1, -0.05) is 0 Å². The summed E-state index contributed by atoms with van der Waals surface area (Å²) in [6.07, 6.45) is 3.78. The molecule has 116 valence electrons. The number of likely N-dealkylation sites (tertiary alicyclic amines) is 2. The van der Waals surface area contributed by atoms with E-state index >= 15 is 0 Å². The third kappa shape index (κ3) is 2.61. The minimum absolute atomic E-state index is 0.226. The lowest BCUT2D eigenvalue weighted by Crippen LogP contribution is -2.37. The van der Waals surface area contributed by atoms with E-state index in [4.69, 9.17) is 0 Å². The zero-order valence-corrected chi connectivity index (χ0v) is 13.6. The van der Waals surface area contributed by atoms with Crippen LogP contribution in [-0.4, -0.2) is 52.5 Å². The number of hydrogen-bond donors (Lipinski definition) is 0. The molecule has 2 saturated heterocycles. The average Bonchev–Trinajstić information content (AvgIpc) is 3.17. The zero-order chi connectivity index (χ0) is 15.0. The summed E-state index contributed by atoms with van der Waals surface area (Å²) in [6, 6.07) is 2.65. The van der Waals surface area contributed by atoms with Gasteiger partial charge in [0.25, 0.3) is 5.91 Å². The van der Waals surface area contributed by atoms with E-state index in [0.717, 1.165) is 37.3 Å². The maximum atomic E-state index is 12.8. The first kappa shape index (κ1) is 14.6. The third-order valence-electron chi connectivity index (χ3n) is 5.23.